The minimum atomic E-state index is -0.416. The van der Waals surface area contributed by atoms with Crippen LogP contribution in [-0.2, 0) is 6.67 Å². The lowest BCUT2D eigenvalue weighted by Gasteiger charge is -1.91. The second kappa shape index (κ2) is 2.62. The number of alkyl halides is 1. The summed E-state index contributed by atoms with van der Waals surface area (Å²) in [6.45, 7) is 1.54. The second-order valence-electron chi connectivity index (χ2n) is 2.02. The first-order chi connectivity index (χ1) is 4.33. The third kappa shape index (κ3) is 1.53. The van der Waals surface area contributed by atoms with Crippen molar-refractivity contribution in [3.8, 4) is 0 Å². The van der Waals surface area contributed by atoms with Gasteiger partial charge in [-0.15, -0.1) is 0 Å². The van der Waals surface area contributed by atoms with E-state index in [0.717, 1.165) is 5.56 Å². The van der Waals surface area contributed by atoms with Crippen molar-refractivity contribution >= 4 is 0 Å². The monoisotopic (exact) mass is 123 g/mol. The summed E-state index contributed by atoms with van der Waals surface area (Å²) in [5, 5.41) is 0. The first kappa shape index (κ1) is 6.27. The van der Waals surface area contributed by atoms with Crippen molar-refractivity contribution in [2.45, 2.75) is 13.6 Å². The van der Waals surface area contributed by atoms with Gasteiger partial charge in [0.05, 0.1) is 0 Å². The Hall–Kier alpha value is -0.850. The van der Waals surface area contributed by atoms with E-state index in [1.807, 2.05) is 13.0 Å². The lowest BCUT2D eigenvalue weighted by molar-refractivity contribution is 0.485. The van der Waals surface area contributed by atoms with Crippen molar-refractivity contribution in [3.63, 3.8) is 0 Å². The zero-order valence-corrected chi connectivity index (χ0v) is 5.32. The third-order valence-corrected chi connectivity index (χ3v) is 1.18. The predicted octanol–water partition coefficient (Wildman–Crippen LogP) is 2.26. The Kier molecular flexibility index (Phi) is 1.83. The molecular weight excluding hydrogens is 115 g/mol. The van der Waals surface area contributed by atoms with E-state index in [4.69, 9.17) is 0 Å². The van der Waals surface area contributed by atoms with Gasteiger partial charge in [0.1, 0.15) is 6.67 Å². The van der Waals surface area contributed by atoms with E-state index in [2.05, 4.69) is 6.07 Å². The van der Waals surface area contributed by atoms with Crippen molar-refractivity contribution in [1.29, 1.82) is 0 Å². The highest BCUT2D eigenvalue weighted by molar-refractivity contribution is 5.18. The Morgan fingerprint density at radius 3 is 2.78 bits per heavy atom. The van der Waals surface area contributed by atoms with Crippen molar-refractivity contribution in [3.05, 3.63) is 35.4 Å². The molecule has 0 saturated carbocycles. The molecule has 0 nitrogen and oxygen atoms in total. The maximum absolute atomic E-state index is 11.8. The molecule has 0 heterocycles. The van der Waals surface area contributed by atoms with Gasteiger partial charge in [0, 0.05) is 0 Å². The Morgan fingerprint density at radius 2 is 2.33 bits per heavy atom. The molecule has 0 aliphatic rings. The summed E-state index contributed by atoms with van der Waals surface area (Å²) in [4.78, 5) is 0. The Labute approximate surface area is 54.3 Å². The zero-order valence-electron chi connectivity index (χ0n) is 5.32. The quantitative estimate of drug-likeness (QED) is 0.537. The molecule has 0 amide bonds. The van der Waals surface area contributed by atoms with Crippen LogP contribution in [0.4, 0.5) is 4.39 Å². The van der Waals surface area contributed by atoms with Crippen LogP contribution in [0.25, 0.3) is 0 Å². The smallest absolute Gasteiger partial charge is 0.115 e. The lowest BCUT2D eigenvalue weighted by Crippen LogP contribution is -1.77. The molecule has 1 aromatic carbocycles. The van der Waals surface area contributed by atoms with Crippen molar-refractivity contribution in [1.82, 2.24) is 0 Å². The number of aryl methyl sites for hydroxylation is 1. The zero-order chi connectivity index (χ0) is 6.69. The molecular formula is C8H8F. The molecule has 0 spiro atoms. The maximum Gasteiger partial charge on any atom is 0.115 e. The molecule has 0 atom stereocenters. The molecule has 0 saturated heterocycles. The van der Waals surface area contributed by atoms with E-state index in [1.54, 1.807) is 12.1 Å². The minimum absolute atomic E-state index is 0.416. The van der Waals surface area contributed by atoms with E-state index in [9.17, 15) is 4.39 Å². The molecule has 1 radical (unpaired) electrons. The molecule has 0 aliphatic heterocycles. The van der Waals surface area contributed by atoms with E-state index >= 15 is 0 Å². The molecule has 0 bridgehead atoms. The Morgan fingerprint density at radius 1 is 1.56 bits per heavy atom. The highest BCUT2D eigenvalue weighted by Crippen LogP contribution is 2.02. The standard InChI is InChI=1S/C8H8F/c1-7-2-4-8(6-9)5-3-7/h2-4H,6H2,1H3. The summed E-state index contributed by atoms with van der Waals surface area (Å²) < 4.78 is 11.8. The molecule has 9 heavy (non-hydrogen) atoms. The van der Waals surface area contributed by atoms with E-state index in [-0.39, 0.29) is 0 Å². The number of halogens is 1. The minimum Gasteiger partial charge on any atom is -0.246 e. The number of hydrogen-bond acceptors (Lipinski definition) is 0. The first-order valence-corrected chi connectivity index (χ1v) is 2.86. The van der Waals surface area contributed by atoms with Gasteiger partial charge in [-0.05, 0) is 18.6 Å². The van der Waals surface area contributed by atoms with Gasteiger partial charge in [0.15, 0.2) is 0 Å². The van der Waals surface area contributed by atoms with Crippen LogP contribution in [0, 0.1) is 13.0 Å². The first-order valence-electron chi connectivity index (χ1n) is 2.86. The number of hydrogen-bond donors (Lipinski definition) is 0. The van der Waals surface area contributed by atoms with E-state index in [0.29, 0.717) is 5.56 Å². The van der Waals surface area contributed by atoms with Crippen LogP contribution in [0.3, 0.4) is 0 Å². The molecule has 0 N–H and O–H groups in total. The van der Waals surface area contributed by atoms with Gasteiger partial charge in [-0.3, -0.25) is 0 Å². The molecule has 0 fully saturated rings. The van der Waals surface area contributed by atoms with Crippen molar-refractivity contribution in [2.75, 3.05) is 0 Å². The van der Waals surface area contributed by atoms with Gasteiger partial charge in [-0.25, -0.2) is 4.39 Å². The molecule has 1 aromatic rings. The second-order valence-corrected chi connectivity index (χ2v) is 2.02. The molecule has 0 aromatic heterocycles. The van der Waals surface area contributed by atoms with Gasteiger partial charge in [-0.2, -0.15) is 0 Å². The van der Waals surface area contributed by atoms with Crippen LogP contribution in [0.2, 0.25) is 0 Å². The van der Waals surface area contributed by atoms with Gasteiger partial charge in [0.2, 0.25) is 0 Å². The largest absolute Gasteiger partial charge is 0.246 e. The van der Waals surface area contributed by atoms with Gasteiger partial charge in [-0.1, -0.05) is 23.8 Å². The fourth-order valence-corrected chi connectivity index (χ4v) is 0.618. The van der Waals surface area contributed by atoms with Crippen molar-refractivity contribution < 1.29 is 4.39 Å². The van der Waals surface area contributed by atoms with Crippen LogP contribution in [0.15, 0.2) is 18.2 Å². The predicted molar refractivity (Wildman–Crippen MR) is 34.8 cm³/mol. The average Bonchev–Trinajstić information content (AvgIpc) is 1.90. The number of rotatable bonds is 1. The van der Waals surface area contributed by atoms with Crippen molar-refractivity contribution in [2.24, 2.45) is 0 Å². The van der Waals surface area contributed by atoms with Gasteiger partial charge in [0.25, 0.3) is 0 Å². The van der Waals surface area contributed by atoms with E-state index < -0.39 is 6.67 Å². The Bertz CT molecular complexity index is 176. The SMILES string of the molecule is Cc1c[c]c(CF)cc1. The van der Waals surface area contributed by atoms with Crippen LogP contribution >= 0.6 is 0 Å². The highest BCUT2D eigenvalue weighted by Gasteiger charge is 1.87. The molecule has 0 unspecified atom stereocenters. The summed E-state index contributed by atoms with van der Waals surface area (Å²) in [6.07, 6.45) is 0. The topological polar surface area (TPSA) is 0 Å². The Balaban J connectivity index is 2.88. The molecule has 1 rings (SSSR count). The normalized spacial score (nSPS) is 9.56. The maximum atomic E-state index is 11.8. The van der Waals surface area contributed by atoms with E-state index in [1.165, 1.54) is 0 Å². The summed E-state index contributed by atoms with van der Waals surface area (Å²) >= 11 is 0. The summed E-state index contributed by atoms with van der Waals surface area (Å²) in [5.41, 5.74) is 1.74. The summed E-state index contributed by atoms with van der Waals surface area (Å²) in [7, 11) is 0. The van der Waals surface area contributed by atoms with Crippen LogP contribution in [0.5, 0.6) is 0 Å². The van der Waals surface area contributed by atoms with Crippen LogP contribution < -0.4 is 0 Å². The molecule has 0 aliphatic carbocycles. The fourth-order valence-electron chi connectivity index (χ4n) is 0.618. The van der Waals surface area contributed by atoms with Gasteiger partial charge >= 0.3 is 0 Å². The molecule has 47 valence electrons. The van der Waals surface area contributed by atoms with Crippen LogP contribution in [0.1, 0.15) is 11.1 Å². The summed E-state index contributed by atoms with van der Waals surface area (Å²) in [6, 6.07) is 8.22. The molecule has 1 heteroatoms. The lowest BCUT2D eigenvalue weighted by atomic mass is 10.2. The average molecular weight is 123 g/mol. The van der Waals surface area contributed by atoms with Crippen LogP contribution in [-0.4, -0.2) is 0 Å². The summed E-state index contributed by atoms with van der Waals surface area (Å²) in [5.74, 6) is 0. The highest BCUT2D eigenvalue weighted by atomic mass is 19.1. The number of benzene rings is 1. The van der Waals surface area contributed by atoms with Gasteiger partial charge < -0.3 is 0 Å². The third-order valence-electron chi connectivity index (χ3n) is 1.18. The fraction of sp³-hybridized carbons (Fsp3) is 0.250.